The molecule has 0 aliphatic heterocycles. The predicted octanol–water partition coefficient (Wildman–Crippen LogP) is 2.24. The molecule has 0 heterocycles. The number of nitrogens with two attached hydrogens (primary N) is 1. The van der Waals surface area contributed by atoms with Crippen LogP contribution in [0, 0.1) is 0 Å². The van der Waals surface area contributed by atoms with Gasteiger partial charge >= 0.3 is 0 Å². The molecule has 0 fully saturated rings. The topological polar surface area (TPSA) is 26.0 Å². The van der Waals surface area contributed by atoms with Crippen molar-refractivity contribution in [2.45, 2.75) is 6.92 Å². The molecule has 2 N–H and O–H groups in total. The van der Waals surface area contributed by atoms with Crippen LogP contribution in [-0.2, 0) is 0 Å². The summed E-state index contributed by atoms with van der Waals surface area (Å²) in [6.45, 7) is 9.18. The van der Waals surface area contributed by atoms with E-state index in [1.54, 1.807) is 6.08 Å². The van der Waals surface area contributed by atoms with Crippen molar-refractivity contribution in [3.05, 3.63) is 35.8 Å². The molecule has 0 aliphatic rings. The Labute approximate surface area is 60.5 Å². The molecule has 0 aromatic rings. The van der Waals surface area contributed by atoms with E-state index in [2.05, 4.69) is 13.2 Å². The maximum absolute atomic E-state index is 5.25. The van der Waals surface area contributed by atoms with Crippen molar-refractivity contribution in [2.75, 3.05) is 0 Å². The summed E-state index contributed by atoms with van der Waals surface area (Å²) in [5.74, 6) is 0. The van der Waals surface area contributed by atoms with Gasteiger partial charge in [0.1, 0.15) is 0 Å². The number of allylic oxidation sites excluding steroid dienone is 4. The van der Waals surface area contributed by atoms with Crippen LogP contribution in [0.1, 0.15) is 6.92 Å². The average molecular weight is 141 g/mol. The Bertz CT molecular complexity index is 147. The smallest absolute Gasteiger partial charge is 0.00243 e. The first-order chi connectivity index (χ1) is 4.20. The second kappa shape index (κ2) is 4.41. The second-order valence-electron chi connectivity index (χ2n) is 1.65. The molecule has 0 aromatic heterocycles. The summed E-state index contributed by atoms with van der Waals surface area (Å²) >= 11 is 1.22. The van der Waals surface area contributed by atoms with E-state index in [9.17, 15) is 0 Å². The van der Waals surface area contributed by atoms with Gasteiger partial charge in [0.15, 0.2) is 0 Å². The van der Waals surface area contributed by atoms with E-state index in [0.29, 0.717) is 0 Å². The van der Waals surface area contributed by atoms with Crippen molar-refractivity contribution in [2.24, 2.45) is 5.14 Å². The van der Waals surface area contributed by atoms with Crippen molar-refractivity contribution >= 4 is 11.9 Å². The monoisotopic (exact) mass is 141 g/mol. The van der Waals surface area contributed by atoms with Gasteiger partial charge in [0.2, 0.25) is 0 Å². The highest BCUT2D eigenvalue weighted by Gasteiger charge is 1.83. The molecule has 1 nitrogen and oxygen atoms in total. The molecule has 0 atom stereocenters. The summed E-state index contributed by atoms with van der Waals surface area (Å²) in [7, 11) is 0. The molecule has 0 bridgehead atoms. The maximum Gasteiger partial charge on any atom is -0.00243 e. The van der Waals surface area contributed by atoms with E-state index in [0.717, 1.165) is 10.5 Å². The van der Waals surface area contributed by atoms with E-state index in [4.69, 9.17) is 5.14 Å². The first-order valence-corrected chi connectivity index (χ1v) is 3.45. The third-order valence-electron chi connectivity index (χ3n) is 0.837. The molecule has 0 rings (SSSR count). The van der Waals surface area contributed by atoms with E-state index in [1.807, 2.05) is 13.0 Å². The van der Waals surface area contributed by atoms with Crippen LogP contribution in [0.5, 0.6) is 0 Å². The van der Waals surface area contributed by atoms with E-state index in [-0.39, 0.29) is 0 Å². The van der Waals surface area contributed by atoms with Gasteiger partial charge in [-0.15, -0.1) is 0 Å². The Kier molecular flexibility index (Phi) is 4.18. The number of rotatable bonds is 3. The SMILES string of the molecule is C=CC(=C)/C=C(/C)SN. The van der Waals surface area contributed by atoms with Crippen molar-refractivity contribution < 1.29 is 0 Å². The molecule has 0 unspecified atom stereocenters. The van der Waals surface area contributed by atoms with Gasteiger partial charge in [-0.2, -0.15) is 0 Å². The van der Waals surface area contributed by atoms with Gasteiger partial charge in [-0.1, -0.05) is 31.2 Å². The van der Waals surface area contributed by atoms with Gasteiger partial charge in [-0.05, 0) is 23.5 Å². The van der Waals surface area contributed by atoms with Gasteiger partial charge in [0.25, 0.3) is 0 Å². The first kappa shape index (κ1) is 8.53. The summed E-state index contributed by atoms with van der Waals surface area (Å²) in [5, 5.41) is 5.25. The summed E-state index contributed by atoms with van der Waals surface area (Å²) < 4.78 is 0. The molecular formula is C7H11NS. The fraction of sp³-hybridized carbons (Fsp3) is 0.143. The molecule has 9 heavy (non-hydrogen) atoms. The van der Waals surface area contributed by atoms with Crippen molar-refractivity contribution in [1.82, 2.24) is 0 Å². The lowest BCUT2D eigenvalue weighted by atomic mass is 10.3. The Morgan fingerprint density at radius 3 is 2.56 bits per heavy atom. The summed E-state index contributed by atoms with van der Waals surface area (Å²) in [6.07, 6.45) is 3.58. The summed E-state index contributed by atoms with van der Waals surface area (Å²) in [4.78, 5) is 1.04. The number of hydrogen-bond acceptors (Lipinski definition) is 2. The zero-order valence-electron chi connectivity index (χ0n) is 5.55. The average Bonchev–Trinajstić information content (AvgIpc) is 1.87. The van der Waals surface area contributed by atoms with Gasteiger partial charge in [-0.25, -0.2) is 0 Å². The fourth-order valence-corrected chi connectivity index (χ4v) is 0.573. The molecule has 0 amide bonds. The normalized spacial score (nSPS) is 11.1. The third-order valence-corrected chi connectivity index (χ3v) is 1.33. The first-order valence-electron chi connectivity index (χ1n) is 2.57. The molecule has 0 saturated heterocycles. The van der Waals surface area contributed by atoms with Gasteiger partial charge in [0, 0.05) is 0 Å². The Hall–Kier alpha value is -0.470. The standard InChI is InChI=1S/C7H11NS/c1-4-6(2)5-7(3)9-8/h4-5H,1-2,8H2,3H3/b7-5-. The maximum atomic E-state index is 5.25. The van der Waals surface area contributed by atoms with Gasteiger partial charge in [0.05, 0.1) is 0 Å². The minimum atomic E-state index is 0.894. The minimum Gasteiger partial charge on any atom is -0.274 e. The molecule has 0 spiro atoms. The van der Waals surface area contributed by atoms with Crippen LogP contribution in [0.2, 0.25) is 0 Å². The third kappa shape index (κ3) is 4.06. The zero-order chi connectivity index (χ0) is 7.28. The van der Waals surface area contributed by atoms with Crippen LogP contribution >= 0.6 is 11.9 Å². The lowest BCUT2D eigenvalue weighted by Crippen LogP contribution is -1.77. The lowest BCUT2D eigenvalue weighted by molar-refractivity contribution is 1.62. The van der Waals surface area contributed by atoms with Crippen LogP contribution in [0.15, 0.2) is 35.8 Å². The summed E-state index contributed by atoms with van der Waals surface area (Å²) in [6, 6.07) is 0. The van der Waals surface area contributed by atoms with E-state index in [1.165, 1.54) is 11.9 Å². The second-order valence-corrected chi connectivity index (χ2v) is 2.53. The highest BCUT2D eigenvalue weighted by Crippen LogP contribution is 2.08. The molecule has 0 radical (unpaired) electrons. The Morgan fingerprint density at radius 1 is 1.67 bits per heavy atom. The van der Waals surface area contributed by atoms with Gasteiger partial charge in [-0.3, -0.25) is 5.14 Å². The molecule has 0 aromatic carbocycles. The summed E-state index contributed by atoms with van der Waals surface area (Å²) in [5.41, 5.74) is 0.894. The highest BCUT2D eigenvalue weighted by atomic mass is 32.2. The predicted molar refractivity (Wildman–Crippen MR) is 44.9 cm³/mol. The van der Waals surface area contributed by atoms with E-state index < -0.39 is 0 Å². The molecule has 50 valence electrons. The van der Waals surface area contributed by atoms with Crippen molar-refractivity contribution in [3.63, 3.8) is 0 Å². The van der Waals surface area contributed by atoms with E-state index >= 15 is 0 Å². The molecular weight excluding hydrogens is 130 g/mol. The fourth-order valence-electron chi connectivity index (χ4n) is 0.354. The largest absolute Gasteiger partial charge is 0.274 e. The minimum absolute atomic E-state index is 0.894. The molecule has 2 heteroatoms. The lowest BCUT2D eigenvalue weighted by Gasteiger charge is -1.92. The Morgan fingerprint density at radius 2 is 2.22 bits per heavy atom. The van der Waals surface area contributed by atoms with Crippen molar-refractivity contribution in [3.8, 4) is 0 Å². The molecule has 0 saturated carbocycles. The van der Waals surface area contributed by atoms with Crippen molar-refractivity contribution in [1.29, 1.82) is 0 Å². The van der Waals surface area contributed by atoms with Crippen LogP contribution in [0.25, 0.3) is 0 Å². The number of hydrogen-bond donors (Lipinski definition) is 1. The highest BCUT2D eigenvalue weighted by molar-refractivity contribution is 8.00. The quantitative estimate of drug-likeness (QED) is 0.482. The van der Waals surface area contributed by atoms with Crippen LogP contribution in [0.4, 0.5) is 0 Å². The zero-order valence-corrected chi connectivity index (χ0v) is 6.37. The van der Waals surface area contributed by atoms with Crippen LogP contribution in [0.3, 0.4) is 0 Å². The van der Waals surface area contributed by atoms with Crippen LogP contribution < -0.4 is 5.14 Å². The van der Waals surface area contributed by atoms with Crippen LogP contribution in [-0.4, -0.2) is 0 Å². The molecule has 0 aliphatic carbocycles. The Balaban J connectivity index is 3.94. The van der Waals surface area contributed by atoms with Gasteiger partial charge < -0.3 is 0 Å².